The first-order chi connectivity index (χ1) is 20.3. The Balaban J connectivity index is 1.13. The predicted molar refractivity (Wildman–Crippen MR) is 150 cm³/mol. The van der Waals surface area contributed by atoms with Crippen LogP contribution in [0.25, 0.3) is 0 Å². The lowest BCUT2D eigenvalue weighted by molar-refractivity contribution is -0.383. The fraction of sp³-hybridized carbons (Fsp3) is 0.290. The summed E-state index contributed by atoms with van der Waals surface area (Å²) in [5, 5.41) is 13.7. The molecule has 0 aromatic heterocycles. The number of nitro groups is 1. The van der Waals surface area contributed by atoms with Gasteiger partial charge in [0.25, 0.3) is 11.6 Å². The van der Waals surface area contributed by atoms with Crippen molar-refractivity contribution >= 4 is 40.8 Å². The van der Waals surface area contributed by atoms with Gasteiger partial charge in [0, 0.05) is 12.1 Å². The second-order valence-corrected chi connectivity index (χ2v) is 10.8. The molecule has 3 aromatic rings. The molecule has 11 heteroatoms. The van der Waals surface area contributed by atoms with Crippen LogP contribution in [-0.2, 0) is 19.1 Å². The highest BCUT2D eigenvalue weighted by molar-refractivity contribution is 6.23. The van der Waals surface area contributed by atoms with Crippen LogP contribution < -0.4 is 15.0 Å². The van der Waals surface area contributed by atoms with Gasteiger partial charge in [-0.1, -0.05) is 36.4 Å². The molecule has 3 amide bonds. The number of carbonyl (C=O) groups is 4. The van der Waals surface area contributed by atoms with E-state index in [9.17, 15) is 29.3 Å². The fourth-order valence-corrected chi connectivity index (χ4v) is 6.87. The van der Waals surface area contributed by atoms with E-state index in [4.69, 9.17) is 9.47 Å². The molecule has 0 unspecified atom stereocenters. The number of amides is 3. The smallest absolute Gasteiger partial charge is 0.338 e. The van der Waals surface area contributed by atoms with Crippen LogP contribution in [0.4, 0.5) is 17.1 Å². The van der Waals surface area contributed by atoms with Crippen LogP contribution in [0.1, 0.15) is 34.7 Å². The minimum absolute atomic E-state index is 0.0513. The maximum Gasteiger partial charge on any atom is 0.338 e. The summed E-state index contributed by atoms with van der Waals surface area (Å²) in [7, 11) is 1.38. The van der Waals surface area contributed by atoms with Gasteiger partial charge in [0.2, 0.25) is 11.8 Å². The number of esters is 1. The van der Waals surface area contributed by atoms with Gasteiger partial charge >= 0.3 is 5.97 Å². The van der Waals surface area contributed by atoms with Crippen molar-refractivity contribution in [1.82, 2.24) is 0 Å². The monoisotopic (exact) mass is 569 g/mol. The molecule has 11 nitrogen and oxygen atoms in total. The molecule has 3 aromatic carbocycles. The maximum atomic E-state index is 13.6. The SMILES string of the molecule is COc1ccc([N+](=O)[O-])c(NC(=O)COC(=O)c2cccc(N3C(=O)[C@@H]4[C@@H]5C[C@@H]([C@H]4C3=O)[C@@H](c3ccccc3)C5)c2)c1. The number of nitrogens with zero attached hydrogens (tertiary/aromatic N) is 2. The molecule has 0 spiro atoms. The summed E-state index contributed by atoms with van der Waals surface area (Å²) in [6.45, 7) is -0.715. The minimum atomic E-state index is -0.851. The van der Waals surface area contributed by atoms with E-state index in [-0.39, 0.29) is 64.0 Å². The lowest BCUT2D eigenvalue weighted by Gasteiger charge is -2.28. The number of carbonyl (C=O) groups excluding carboxylic acids is 4. The lowest BCUT2D eigenvalue weighted by atomic mass is 9.73. The summed E-state index contributed by atoms with van der Waals surface area (Å²) < 4.78 is 10.2. The first-order valence-electron chi connectivity index (χ1n) is 13.6. The van der Waals surface area contributed by atoms with E-state index in [0.29, 0.717) is 5.75 Å². The third-order valence-electron chi connectivity index (χ3n) is 8.59. The molecule has 1 heterocycles. The van der Waals surface area contributed by atoms with Crippen LogP contribution in [0.5, 0.6) is 5.75 Å². The van der Waals surface area contributed by atoms with Gasteiger partial charge in [-0.3, -0.25) is 29.4 Å². The fourth-order valence-electron chi connectivity index (χ4n) is 6.87. The van der Waals surface area contributed by atoms with Crippen molar-refractivity contribution in [2.24, 2.45) is 23.7 Å². The van der Waals surface area contributed by atoms with Crippen molar-refractivity contribution < 1.29 is 33.6 Å². The molecule has 42 heavy (non-hydrogen) atoms. The number of ether oxygens (including phenoxy) is 2. The summed E-state index contributed by atoms with van der Waals surface area (Å²) >= 11 is 0. The number of hydrogen-bond acceptors (Lipinski definition) is 8. The van der Waals surface area contributed by atoms with Gasteiger partial charge in [-0.15, -0.1) is 0 Å². The molecular formula is C31H27N3O8. The number of methoxy groups -OCH3 is 1. The topological polar surface area (TPSA) is 145 Å². The van der Waals surface area contributed by atoms with Crippen LogP contribution in [0.3, 0.4) is 0 Å². The first kappa shape index (κ1) is 27.1. The standard InChI is InChI=1S/C31H27N3O8/c1-41-21-10-11-25(34(39)40)24(15-21)32-26(35)16-42-31(38)18-8-5-9-20(12-18)33-29(36)27-19-13-22(17-6-3-2-4-7-17)23(14-19)28(27)30(33)37/h2-12,15,19,22-23,27-28H,13-14,16H2,1H3,(H,32,35)/t19-,22+,23+,27+,28+/m0/s1. The highest BCUT2D eigenvalue weighted by Crippen LogP contribution is 2.61. The van der Waals surface area contributed by atoms with E-state index in [2.05, 4.69) is 17.4 Å². The largest absolute Gasteiger partial charge is 0.497 e. The summed E-state index contributed by atoms with van der Waals surface area (Å²) in [5.41, 5.74) is 1.06. The highest BCUT2D eigenvalue weighted by atomic mass is 16.6. The van der Waals surface area contributed by atoms with E-state index < -0.39 is 23.4 Å². The summed E-state index contributed by atoms with van der Waals surface area (Å²) in [5.74, 6) is -2.12. The minimum Gasteiger partial charge on any atom is -0.497 e. The van der Waals surface area contributed by atoms with E-state index in [1.807, 2.05) is 18.2 Å². The molecule has 2 aliphatic carbocycles. The van der Waals surface area contributed by atoms with Crippen molar-refractivity contribution in [3.63, 3.8) is 0 Å². The molecule has 2 saturated carbocycles. The second kappa shape index (κ2) is 10.7. The van der Waals surface area contributed by atoms with Gasteiger partial charge in [0.05, 0.1) is 35.1 Å². The highest BCUT2D eigenvalue weighted by Gasteiger charge is 2.64. The van der Waals surface area contributed by atoms with E-state index in [1.54, 1.807) is 12.1 Å². The Morgan fingerprint density at radius 3 is 2.48 bits per heavy atom. The Hall–Kier alpha value is -5.06. The molecule has 1 N–H and O–H groups in total. The third kappa shape index (κ3) is 4.66. The van der Waals surface area contributed by atoms with Crippen molar-refractivity contribution in [2.75, 3.05) is 23.9 Å². The molecule has 5 atom stereocenters. The molecule has 2 bridgehead atoms. The number of anilines is 2. The lowest BCUT2D eigenvalue weighted by Crippen LogP contribution is -2.33. The molecule has 3 fully saturated rings. The quantitative estimate of drug-likeness (QED) is 0.183. The zero-order chi connectivity index (χ0) is 29.5. The van der Waals surface area contributed by atoms with Crippen LogP contribution in [0.15, 0.2) is 72.8 Å². The van der Waals surface area contributed by atoms with Crippen LogP contribution >= 0.6 is 0 Å². The van der Waals surface area contributed by atoms with Crippen molar-refractivity contribution in [2.45, 2.75) is 18.8 Å². The van der Waals surface area contributed by atoms with Crippen molar-refractivity contribution in [3.8, 4) is 5.75 Å². The zero-order valence-corrected chi connectivity index (χ0v) is 22.6. The molecule has 3 aliphatic rings. The molecule has 1 saturated heterocycles. The van der Waals surface area contributed by atoms with Gasteiger partial charge in [0.15, 0.2) is 6.61 Å². The summed E-state index contributed by atoms with van der Waals surface area (Å²) in [6.07, 6.45) is 1.73. The first-order valence-corrected chi connectivity index (χ1v) is 13.6. The van der Waals surface area contributed by atoms with Crippen LogP contribution in [0.2, 0.25) is 0 Å². The average Bonchev–Trinajstić information content (AvgIpc) is 3.67. The Bertz CT molecular complexity index is 1610. The van der Waals surface area contributed by atoms with Crippen LogP contribution in [0, 0.1) is 33.8 Å². The summed E-state index contributed by atoms with van der Waals surface area (Å²) in [6, 6.07) is 20.0. The number of nitrogens with one attached hydrogen (secondary N) is 1. The van der Waals surface area contributed by atoms with Crippen LogP contribution in [-0.4, -0.2) is 42.3 Å². The van der Waals surface area contributed by atoms with Crippen molar-refractivity contribution in [3.05, 3.63) is 94.0 Å². The van der Waals surface area contributed by atoms with Gasteiger partial charge < -0.3 is 14.8 Å². The molecular weight excluding hydrogens is 542 g/mol. The Labute approximate surface area is 240 Å². The number of hydrogen-bond donors (Lipinski definition) is 1. The van der Waals surface area contributed by atoms with Gasteiger partial charge in [-0.05, 0) is 60.4 Å². The van der Waals surface area contributed by atoms with Gasteiger partial charge in [-0.2, -0.15) is 0 Å². The Kier molecular flexibility index (Phi) is 6.93. The molecule has 0 radical (unpaired) electrons. The Morgan fingerprint density at radius 2 is 1.74 bits per heavy atom. The maximum absolute atomic E-state index is 13.6. The summed E-state index contributed by atoms with van der Waals surface area (Å²) in [4.78, 5) is 64.2. The van der Waals surface area contributed by atoms with Crippen molar-refractivity contribution in [1.29, 1.82) is 0 Å². The number of benzene rings is 3. The number of nitro benzene ring substituents is 1. The number of imide groups is 1. The zero-order valence-electron chi connectivity index (χ0n) is 22.6. The number of rotatable bonds is 8. The van der Waals surface area contributed by atoms with E-state index >= 15 is 0 Å². The Morgan fingerprint density at radius 1 is 0.976 bits per heavy atom. The van der Waals surface area contributed by atoms with Gasteiger partial charge in [0.1, 0.15) is 11.4 Å². The average molecular weight is 570 g/mol. The number of fused-ring (bicyclic) bond motifs is 5. The van der Waals surface area contributed by atoms with E-state index in [0.717, 1.165) is 12.8 Å². The van der Waals surface area contributed by atoms with E-state index in [1.165, 1.54) is 47.9 Å². The normalized spacial score (nSPS) is 23.9. The van der Waals surface area contributed by atoms with Gasteiger partial charge in [-0.25, -0.2) is 4.79 Å². The second-order valence-electron chi connectivity index (χ2n) is 10.8. The molecule has 1 aliphatic heterocycles. The molecule has 214 valence electrons. The molecule has 6 rings (SSSR count). The third-order valence-corrected chi connectivity index (χ3v) is 8.59. The predicted octanol–water partition coefficient (Wildman–Crippen LogP) is 4.33.